The Morgan fingerprint density at radius 1 is 1.07 bits per heavy atom. The number of fused-ring (bicyclic) bond motifs is 1. The van der Waals surface area contributed by atoms with Gasteiger partial charge in [-0.3, -0.25) is 0 Å². The van der Waals surface area contributed by atoms with Gasteiger partial charge in [0.05, 0.1) is 4.90 Å². The Labute approximate surface area is 180 Å². The van der Waals surface area contributed by atoms with E-state index in [0.717, 1.165) is 24.8 Å². The van der Waals surface area contributed by atoms with Crippen LogP contribution in [0, 0.1) is 6.92 Å². The highest BCUT2D eigenvalue weighted by Crippen LogP contribution is 2.27. The summed E-state index contributed by atoms with van der Waals surface area (Å²) in [4.78, 5) is 12.1. The molecule has 6 nitrogen and oxygen atoms in total. The predicted molar refractivity (Wildman–Crippen MR) is 116 cm³/mol. The van der Waals surface area contributed by atoms with Crippen LogP contribution in [0.25, 0.3) is 11.0 Å². The number of halogens is 1. The van der Waals surface area contributed by atoms with Crippen molar-refractivity contribution in [2.45, 2.75) is 37.7 Å². The zero-order chi connectivity index (χ0) is 21.3. The van der Waals surface area contributed by atoms with E-state index in [2.05, 4.69) is 0 Å². The Morgan fingerprint density at radius 2 is 1.77 bits per heavy atom. The van der Waals surface area contributed by atoms with Crippen LogP contribution in [0.3, 0.4) is 0 Å². The van der Waals surface area contributed by atoms with Gasteiger partial charge in [-0.1, -0.05) is 18.0 Å². The van der Waals surface area contributed by atoms with E-state index in [1.807, 2.05) is 6.92 Å². The molecule has 158 valence electrons. The lowest BCUT2D eigenvalue weighted by atomic mass is 10.1. The van der Waals surface area contributed by atoms with Crippen molar-refractivity contribution in [2.75, 3.05) is 13.1 Å². The highest BCUT2D eigenvalue weighted by molar-refractivity contribution is 7.89. The summed E-state index contributed by atoms with van der Waals surface area (Å²) in [6, 6.07) is 11.2. The molecule has 2 aromatic carbocycles. The maximum Gasteiger partial charge on any atom is 0.336 e. The summed E-state index contributed by atoms with van der Waals surface area (Å²) in [6.07, 6.45) is 2.85. The lowest BCUT2D eigenvalue weighted by molar-refractivity contribution is 0.306. The average Bonchev–Trinajstić information content (AvgIpc) is 2.74. The van der Waals surface area contributed by atoms with Crippen LogP contribution in [0.1, 0.15) is 30.4 Å². The van der Waals surface area contributed by atoms with E-state index < -0.39 is 15.6 Å². The smallest absolute Gasteiger partial charge is 0.336 e. The van der Waals surface area contributed by atoms with Crippen LogP contribution in [0.4, 0.5) is 0 Å². The maximum atomic E-state index is 12.7. The highest BCUT2D eigenvalue weighted by Gasteiger charge is 2.25. The van der Waals surface area contributed by atoms with Crippen molar-refractivity contribution in [1.29, 1.82) is 0 Å². The molecule has 0 N–H and O–H groups in total. The monoisotopic (exact) mass is 447 g/mol. The number of hydrogen-bond acceptors (Lipinski definition) is 5. The van der Waals surface area contributed by atoms with E-state index in [1.54, 1.807) is 36.4 Å². The van der Waals surface area contributed by atoms with Crippen LogP contribution in [0.5, 0.6) is 5.75 Å². The average molecular weight is 448 g/mol. The first kappa shape index (κ1) is 20.9. The minimum absolute atomic E-state index is 0.125. The summed E-state index contributed by atoms with van der Waals surface area (Å²) in [5.41, 5.74) is 1.45. The number of sulfonamides is 1. The molecule has 0 aliphatic carbocycles. The van der Waals surface area contributed by atoms with Gasteiger partial charge in [0.2, 0.25) is 10.0 Å². The number of aryl methyl sites for hydroxylation is 1. The number of benzene rings is 2. The lowest BCUT2D eigenvalue weighted by Gasteiger charge is -2.25. The van der Waals surface area contributed by atoms with Gasteiger partial charge in [0, 0.05) is 35.1 Å². The number of hydrogen-bond donors (Lipinski definition) is 0. The van der Waals surface area contributed by atoms with E-state index in [9.17, 15) is 13.2 Å². The van der Waals surface area contributed by atoms with Crippen LogP contribution in [0.2, 0.25) is 5.02 Å². The fraction of sp³-hybridized carbons (Fsp3) is 0.318. The van der Waals surface area contributed by atoms with Gasteiger partial charge in [-0.2, -0.15) is 4.31 Å². The molecule has 3 aromatic rings. The van der Waals surface area contributed by atoms with Gasteiger partial charge in [-0.25, -0.2) is 13.2 Å². The molecule has 0 saturated carbocycles. The van der Waals surface area contributed by atoms with Crippen molar-refractivity contribution >= 4 is 32.6 Å². The molecule has 1 saturated heterocycles. The van der Waals surface area contributed by atoms with Crippen LogP contribution >= 0.6 is 11.6 Å². The number of rotatable bonds is 5. The molecule has 1 aromatic heterocycles. The molecule has 1 fully saturated rings. The molecule has 30 heavy (non-hydrogen) atoms. The Morgan fingerprint density at radius 3 is 2.47 bits per heavy atom. The largest absolute Gasteiger partial charge is 0.489 e. The first-order valence-corrected chi connectivity index (χ1v) is 11.6. The molecule has 0 atom stereocenters. The summed E-state index contributed by atoms with van der Waals surface area (Å²) in [7, 11) is -3.48. The van der Waals surface area contributed by atoms with E-state index in [1.165, 1.54) is 10.4 Å². The summed E-state index contributed by atoms with van der Waals surface area (Å²) in [5, 5.41) is 1.28. The van der Waals surface area contributed by atoms with Crippen LogP contribution < -0.4 is 10.4 Å². The van der Waals surface area contributed by atoms with Gasteiger partial charge in [0.1, 0.15) is 17.9 Å². The fourth-order valence-electron chi connectivity index (χ4n) is 3.59. The Bertz CT molecular complexity index is 1230. The topological polar surface area (TPSA) is 76.8 Å². The first-order chi connectivity index (χ1) is 14.3. The standard InChI is InChI=1S/C22H22ClNO5S/c1-15-11-21-19(13-20(15)23)16(12-22(25)29-21)14-28-17-5-7-18(8-6-17)30(26,27)24-9-3-2-4-10-24/h5-8,11-13H,2-4,9-10,14H2,1H3. The van der Waals surface area contributed by atoms with Gasteiger partial charge >= 0.3 is 5.63 Å². The van der Waals surface area contributed by atoms with E-state index in [-0.39, 0.29) is 11.5 Å². The molecule has 0 bridgehead atoms. The van der Waals surface area contributed by atoms with E-state index in [4.69, 9.17) is 20.8 Å². The quantitative estimate of drug-likeness (QED) is 0.538. The van der Waals surface area contributed by atoms with Crippen molar-refractivity contribution in [2.24, 2.45) is 0 Å². The molecule has 0 radical (unpaired) electrons. The normalized spacial score (nSPS) is 15.4. The van der Waals surface area contributed by atoms with Crippen LogP contribution in [-0.2, 0) is 16.6 Å². The van der Waals surface area contributed by atoms with Crippen molar-refractivity contribution in [3.63, 3.8) is 0 Å². The lowest BCUT2D eigenvalue weighted by Crippen LogP contribution is -2.35. The maximum absolute atomic E-state index is 12.7. The zero-order valence-corrected chi connectivity index (χ0v) is 18.1. The number of nitrogens with zero attached hydrogens (tertiary/aromatic N) is 1. The summed E-state index contributed by atoms with van der Waals surface area (Å²) in [6.45, 7) is 3.09. The summed E-state index contributed by atoms with van der Waals surface area (Å²) in [5.74, 6) is 0.507. The fourth-order valence-corrected chi connectivity index (χ4v) is 5.27. The Kier molecular flexibility index (Phi) is 5.86. The summed E-state index contributed by atoms with van der Waals surface area (Å²) < 4.78 is 38.1. The minimum Gasteiger partial charge on any atom is -0.489 e. The molecule has 1 aliphatic heterocycles. The Balaban J connectivity index is 1.54. The molecule has 8 heteroatoms. The zero-order valence-electron chi connectivity index (χ0n) is 16.6. The van der Waals surface area contributed by atoms with Crippen molar-refractivity contribution in [1.82, 2.24) is 4.31 Å². The molecule has 4 rings (SSSR count). The Hall–Kier alpha value is -2.35. The van der Waals surface area contributed by atoms with Gasteiger partial charge in [0.25, 0.3) is 0 Å². The van der Waals surface area contributed by atoms with Gasteiger partial charge in [0.15, 0.2) is 0 Å². The third kappa shape index (κ3) is 4.24. The minimum atomic E-state index is -3.48. The second kappa shape index (κ2) is 8.41. The van der Waals surface area contributed by atoms with Gasteiger partial charge in [-0.05, 0) is 61.7 Å². The molecule has 1 aliphatic rings. The molecular weight excluding hydrogens is 426 g/mol. The van der Waals surface area contributed by atoms with Crippen molar-refractivity contribution in [3.8, 4) is 5.75 Å². The van der Waals surface area contributed by atoms with E-state index >= 15 is 0 Å². The molecule has 0 spiro atoms. The molecular formula is C22H22ClNO5S. The van der Waals surface area contributed by atoms with Gasteiger partial charge < -0.3 is 9.15 Å². The van der Waals surface area contributed by atoms with Gasteiger partial charge in [-0.15, -0.1) is 0 Å². The second-order valence-electron chi connectivity index (χ2n) is 7.41. The van der Waals surface area contributed by atoms with E-state index in [0.29, 0.717) is 40.4 Å². The SMILES string of the molecule is Cc1cc2oc(=O)cc(COc3ccc(S(=O)(=O)N4CCCCC4)cc3)c2cc1Cl. The second-order valence-corrected chi connectivity index (χ2v) is 9.76. The van der Waals surface area contributed by atoms with Crippen molar-refractivity contribution < 1.29 is 17.6 Å². The van der Waals surface area contributed by atoms with Crippen molar-refractivity contribution in [3.05, 3.63) is 69.0 Å². The number of ether oxygens (including phenoxy) is 1. The summed E-state index contributed by atoms with van der Waals surface area (Å²) >= 11 is 6.22. The predicted octanol–water partition coefficient (Wildman–Crippen LogP) is 4.51. The molecule has 0 amide bonds. The third-order valence-corrected chi connectivity index (χ3v) is 7.60. The van der Waals surface area contributed by atoms with Crippen LogP contribution in [0.15, 0.2) is 56.6 Å². The molecule has 2 heterocycles. The first-order valence-electron chi connectivity index (χ1n) is 9.80. The highest BCUT2D eigenvalue weighted by atomic mass is 35.5. The molecule has 0 unspecified atom stereocenters. The number of piperidine rings is 1. The van der Waals surface area contributed by atoms with Crippen LogP contribution in [-0.4, -0.2) is 25.8 Å². The third-order valence-electron chi connectivity index (χ3n) is 5.28.